The molecule has 6 nitrogen and oxygen atoms in total. The van der Waals surface area contributed by atoms with Gasteiger partial charge in [-0.2, -0.15) is 9.97 Å². The minimum Gasteiger partial charge on any atom is -0.391 e. The molecule has 0 saturated heterocycles. The third kappa shape index (κ3) is 3.90. The van der Waals surface area contributed by atoms with Crippen molar-refractivity contribution in [2.24, 2.45) is 0 Å². The van der Waals surface area contributed by atoms with Crippen molar-refractivity contribution in [2.75, 3.05) is 29.5 Å². The normalized spacial score (nSPS) is 12.2. The summed E-state index contributed by atoms with van der Waals surface area (Å²) in [6, 6.07) is 1.77. The van der Waals surface area contributed by atoms with Gasteiger partial charge in [0.05, 0.1) is 6.10 Å². The quantitative estimate of drug-likeness (QED) is 0.568. The second kappa shape index (κ2) is 6.12. The molecular weight excluding hydrogens is 206 g/mol. The highest BCUT2D eigenvalue weighted by Crippen LogP contribution is 2.12. The van der Waals surface area contributed by atoms with Crippen molar-refractivity contribution in [1.82, 2.24) is 9.97 Å². The van der Waals surface area contributed by atoms with Crippen LogP contribution in [0.15, 0.2) is 6.07 Å². The van der Waals surface area contributed by atoms with E-state index >= 15 is 0 Å². The fraction of sp³-hybridized carbons (Fsp3) is 0.600. The van der Waals surface area contributed by atoms with Gasteiger partial charge in [-0.3, -0.25) is 0 Å². The Bertz CT molecular complexity index is 331. The Labute approximate surface area is 95.3 Å². The van der Waals surface area contributed by atoms with Crippen LogP contribution >= 0.6 is 0 Å². The van der Waals surface area contributed by atoms with E-state index in [1.807, 2.05) is 13.8 Å². The van der Waals surface area contributed by atoms with Gasteiger partial charge >= 0.3 is 0 Å². The lowest BCUT2D eigenvalue weighted by atomic mass is 10.3. The number of rotatable bonds is 6. The lowest BCUT2D eigenvalue weighted by Crippen LogP contribution is -2.19. The number of aliphatic hydroxyl groups excluding tert-OH is 1. The van der Waals surface area contributed by atoms with Gasteiger partial charge < -0.3 is 21.5 Å². The van der Waals surface area contributed by atoms with E-state index in [4.69, 9.17) is 5.73 Å². The molecule has 1 atom stereocenters. The van der Waals surface area contributed by atoms with Crippen LogP contribution < -0.4 is 16.4 Å². The molecule has 0 aliphatic rings. The minimum atomic E-state index is -0.376. The largest absolute Gasteiger partial charge is 0.391 e. The van der Waals surface area contributed by atoms with Gasteiger partial charge in [0.25, 0.3) is 0 Å². The predicted molar refractivity (Wildman–Crippen MR) is 65.4 cm³/mol. The molecule has 0 aliphatic heterocycles. The Morgan fingerprint density at radius 1 is 1.31 bits per heavy atom. The van der Waals surface area contributed by atoms with Crippen LogP contribution in [0.1, 0.15) is 20.3 Å². The van der Waals surface area contributed by atoms with Crippen LogP contribution in [0.3, 0.4) is 0 Å². The number of aliphatic hydroxyl groups is 1. The van der Waals surface area contributed by atoms with Crippen molar-refractivity contribution >= 4 is 17.6 Å². The van der Waals surface area contributed by atoms with Gasteiger partial charge in [-0.05, 0) is 13.3 Å². The minimum absolute atomic E-state index is 0.215. The maximum Gasteiger partial charge on any atom is 0.223 e. The fourth-order valence-electron chi connectivity index (χ4n) is 1.19. The molecule has 0 bridgehead atoms. The van der Waals surface area contributed by atoms with Crippen LogP contribution in [0.5, 0.6) is 0 Å². The van der Waals surface area contributed by atoms with E-state index in [-0.39, 0.29) is 12.1 Å². The summed E-state index contributed by atoms with van der Waals surface area (Å²) in [5, 5.41) is 15.5. The van der Waals surface area contributed by atoms with Crippen LogP contribution in [0.25, 0.3) is 0 Å². The Morgan fingerprint density at radius 2 is 1.94 bits per heavy atom. The van der Waals surface area contributed by atoms with Gasteiger partial charge in [0.2, 0.25) is 5.95 Å². The fourth-order valence-corrected chi connectivity index (χ4v) is 1.19. The lowest BCUT2D eigenvalue weighted by molar-refractivity contribution is 0.183. The van der Waals surface area contributed by atoms with Gasteiger partial charge in [0.15, 0.2) is 0 Å². The summed E-state index contributed by atoms with van der Waals surface area (Å²) in [6.45, 7) is 5.13. The second-order valence-corrected chi connectivity index (χ2v) is 3.47. The van der Waals surface area contributed by atoms with Crippen LogP contribution in [0.4, 0.5) is 17.6 Å². The number of hydrogen-bond acceptors (Lipinski definition) is 6. The van der Waals surface area contributed by atoms with Crippen molar-refractivity contribution in [3.8, 4) is 0 Å². The van der Waals surface area contributed by atoms with Crippen molar-refractivity contribution in [1.29, 1.82) is 0 Å². The summed E-state index contributed by atoms with van der Waals surface area (Å²) in [6.07, 6.45) is 0.326. The monoisotopic (exact) mass is 225 g/mol. The maximum absolute atomic E-state index is 9.41. The van der Waals surface area contributed by atoms with Gasteiger partial charge in [-0.15, -0.1) is 0 Å². The predicted octanol–water partition coefficient (Wildman–Crippen LogP) is 0.673. The first-order chi connectivity index (χ1) is 7.65. The molecule has 16 heavy (non-hydrogen) atoms. The molecule has 0 aromatic carbocycles. The zero-order valence-electron chi connectivity index (χ0n) is 9.70. The third-order valence-corrected chi connectivity index (χ3v) is 2.09. The van der Waals surface area contributed by atoms with Crippen molar-refractivity contribution in [2.45, 2.75) is 26.4 Å². The average Bonchev–Trinajstić information content (AvgIpc) is 2.25. The molecule has 90 valence electrons. The molecule has 5 N–H and O–H groups in total. The Morgan fingerprint density at radius 3 is 2.50 bits per heavy atom. The van der Waals surface area contributed by atoms with Crippen molar-refractivity contribution in [3.05, 3.63) is 6.07 Å². The van der Waals surface area contributed by atoms with Crippen LogP contribution in [-0.4, -0.2) is 34.3 Å². The number of nitrogens with zero attached hydrogens (tertiary/aromatic N) is 2. The van der Waals surface area contributed by atoms with Crippen molar-refractivity contribution in [3.63, 3.8) is 0 Å². The molecule has 0 fully saturated rings. The Kier molecular flexibility index (Phi) is 4.78. The average molecular weight is 225 g/mol. The van der Waals surface area contributed by atoms with E-state index in [0.29, 0.717) is 24.6 Å². The zero-order valence-corrected chi connectivity index (χ0v) is 9.70. The molecular formula is C10H19N5O. The molecule has 1 aromatic heterocycles. The summed E-state index contributed by atoms with van der Waals surface area (Å²) >= 11 is 0. The van der Waals surface area contributed by atoms with Crippen molar-refractivity contribution < 1.29 is 5.11 Å². The number of nitrogens with one attached hydrogen (secondary N) is 2. The molecule has 1 rings (SSSR count). The van der Waals surface area contributed by atoms with E-state index in [9.17, 15) is 5.11 Å². The Hall–Kier alpha value is -1.56. The van der Waals surface area contributed by atoms with E-state index in [0.717, 1.165) is 6.54 Å². The van der Waals surface area contributed by atoms with E-state index in [2.05, 4.69) is 20.6 Å². The summed E-state index contributed by atoms with van der Waals surface area (Å²) in [5.74, 6) is 1.52. The molecule has 0 saturated carbocycles. The van der Waals surface area contributed by atoms with E-state index < -0.39 is 0 Å². The van der Waals surface area contributed by atoms with Crippen LogP contribution in [0, 0.1) is 0 Å². The molecule has 0 aliphatic carbocycles. The summed E-state index contributed by atoms with van der Waals surface area (Å²) in [5.41, 5.74) is 5.56. The third-order valence-electron chi connectivity index (χ3n) is 2.09. The molecule has 0 spiro atoms. The SMILES string of the molecule is CCNc1cc(NCC(O)CC)nc(N)n1. The smallest absolute Gasteiger partial charge is 0.223 e. The highest BCUT2D eigenvalue weighted by atomic mass is 16.3. The summed E-state index contributed by atoms with van der Waals surface area (Å²) in [4.78, 5) is 8.05. The number of nitrogens with two attached hydrogens (primary N) is 1. The first-order valence-corrected chi connectivity index (χ1v) is 5.46. The molecule has 0 amide bonds. The number of nitrogen functional groups attached to an aromatic ring is 1. The van der Waals surface area contributed by atoms with Gasteiger partial charge in [-0.25, -0.2) is 0 Å². The maximum atomic E-state index is 9.41. The topological polar surface area (TPSA) is 96.1 Å². The second-order valence-electron chi connectivity index (χ2n) is 3.47. The van der Waals surface area contributed by atoms with Crippen LogP contribution in [0.2, 0.25) is 0 Å². The van der Waals surface area contributed by atoms with Gasteiger partial charge in [0, 0.05) is 19.2 Å². The first-order valence-electron chi connectivity index (χ1n) is 5.46. The number of hydrogen-bond donors (Lipinski definition) is 4. The van der Waals surface area contributed by atoms with E-state index in [1.54, 1.807) is 6.07 Å². The number of aromatic nitrogens is 2. The van der Waals surface area contributed by atoms with E-state index in [1.165, 1.54) is 0 Å². The standard InChI is InChI=1S/C10H19N5O/c1-3-7(16)6-13-9-5-8(12-4-2)14-10(11)15-9/h5,7,16H,3-4,6H2,1-2H3,(H4,11,12,13,14,15). The summed E-state index contributed by atoms with van der Waals surface area (Å²) < 4.78 is 0. The molecule has 1 unspecified atom stereocenters. The molecule has 1 aromatic rings. The van der Waals surface area contributed by atoms with Crippen LogP contribution in [-0.2, 0) is 0 Å². The van der Waals surface area contributed by atoms with Gasteiger partial charge in [-0.1, -0.05) is 6.92 Å². The summed E-state index contributed by atoms with van der Waals surface area (Å²) in [7, 11) is 0. The molecule has 0 radical (unpaired) electrons. The Balaban J connectivity index is 2.64. The molecule has 1 heterocycles. The lowest BCUT2D eigenvalue weighted by Gasteiger charge is -2.11. The first kappa shape index (κ1) is 12.5. The molecule has 6 heteroatoms. The highest BCUT2D eigenvalue weighted by Gasteiger charge is 2.04. The van der Waals surface area contributed by atoms with Gasteiger partial charge in [0.1, 0.15) is 11.6 Å². The zero-order chi connectivity index (χ0) is 12.0. The highest BCUT2D eigenvalue weighted by molar-refractivity contribution is 5.50. The number of anilines is 3.